The van der Waals surface area contributed by atoms with E-state index in [1.54, 1.807) is 0 Å². The van der Waals surface area contributed by atoms with Crippen LogP contribution in [0.4, 0.5) is 0 Å². The molecule has 0 heteroatoms. The normalized spacial score (nSPS) is 8.19. The van der Waals surface area contributed by atoms with Crippen molar-refractivity contribution < 1.29 is 0 Å². The zero-order valence-corrected chi connectivity index (χ0v) is 19.0. The van der Waals surface area contributed by atoms with E-state index in [2.05, 4.69) is 85.8 Å². The van der Waals surface area contributed by atoms with Crippen LogP contribution in [0.1, 0.15) is 61.0 Å². The molecular weight excluding hydrogens is 324 g/mol. The molecule has 0 unspecified atom stereocenters. The van der Waals surface area contributed by atoms with Gasteiger partial charge in [-0.2, -0.15) is 0 Å². The van der Waals surface area contributed by atoms with Crippen molar-refractivity contribution >= 4 is 0 Å². The first-order valence-corrected chi connectivity index (χ1v) is 10.6. The molecule has 3 aromatic rings. The first-order chi connectivity index (χ1) is 13.3. The number of rotatable bonds is 2. The molecule has 0 saturated carbocycles. The minimum absolute atomic E-state index is 1.27. The van der Waals surface area contributed by atoms with Crippen LogP contribution in [0.15, 0.2) is 78.9 Å². The highest BCUT2D eigenvalue weighted by molar-refractivity contribution is 5.74. The van der Waals surface area contributed by atoms with Crippen LogP contribution in [0, 0.1) is 6.92 Å². The monoisotopic (exact) mass is 364 g/mol. The van der Waals surface area contributed by atoms with Crippen LogP contribution in [-0.2, 0) is 0 Å². The molecule has 27 heavy (non-hydrogen) atoms. The van der Waals surface area contributed by atoms with Crippen molar-refractivity contribution in [2.45, 2.75) is 62.3 Å². The van der Waals surface area contributed by atoms with Crippen molar-refractivity contribution in [3.8, 4) is 22.3 Å². The van der Waals surface area contributed by atoms with E-state index in [1.165, 1.54) is 27.8 Å². The lowest BCUT2D eigenvalue weighted by Crippen LogP contribution is -1.84. The van der Waals surface area contributed by atoms with Gasteiger partial charge in [0.05, 0.1) is 0 Å². The molecule has 0 N–H and O–H groups in total. The predicted octanol–water partition coefficient (Wildman–Crippen LogP) is 9.43. The molecule has 148 valence electrons. The fourth-order valence-electron chi connectivity index (χ4n) is 2.38. The molecule has 0 radical (unpaired) electrons. The van der Waals surface area contributed by atoms with Crippen molar-refractivity contribution in [1.82, 2.24) is 0 Å². The fraction of sp³-hybridized carbons (Fsp3) is 0.333. The summed E-state index contributed by atoms with van der Waals surface area (Å²) in [5, 5.41) is 0. The van der Waals surface area contributed by atoms with E-state index < -0.39 is 0 Å². The summed E-state index contributed by atoms with van der Waals surface area (Å²) in [4.78, 5) is 0. The van der Waals surface area contributed by atoms with Crippen LogP contribution < -0.4 is 0 Å². The quantitative estimate of drug-likeness (QED) is 0.424. The second-order valence-electron chi connectivity index (χ2n) is 4.82. The second-order valence-corrected chi connectivity index (χ2v) is 4.82. The summed E-state index contributed by atoms with van der Waals surface area (Å²) in [6, 6.07) is 27.8. The van der Waals surface area contributed by atoms with E-state index in [0.717, 1.165) is 0 Å². The van der Waals surface area contributed by atoms with Crippen LogP contribution in [-0.4, -0.2) is 0 Å². The maximum absolute atomic E-state index is 2.26. The van der Waals surface area contributed by atoms with Gasteiger partial charge in [0.2, 0.25) is 0 Å². The lowest BCUT2D eigenvalue weighted by atomic mass is 9.97. The van der Waals surface area contributed by atoms with Gasteiger partial charge in [-0.3, -0.25) is 0 Å². The highest BCUT2D eigenvalue weighted by Crippen LogP contribution is 2.27. The number of hydrogen-bond donors (Lipinski definition) is 0. The molecule has 0 aliphatic heterocycles. The van der Waals surface area contributed by atoms with Crippen LogP contribution in [0.2, 0.25) is 0 Å². The summed E-state index contributed by atoms with van der Waals surface area (Å²) in [6.45, 7) is 18.2. The molecule has 0 aliphatic carbocycles. The zero-order valence-electron chi connectivity index (χ0n) is 19.0. The summed E-state index contributed by atoms with van der Waals surface area (Å²) in [6.07, 6.45) is 0. The van der Waals surface area contributed by atoms with Gasteiger partial charge in [0.15, 0.2) is 0 Å². The third-order valence-electron chi connectivity index (χ3n) is 3.29. The smallest absolute Gasteiger partial charge is 0.0175 e. The van der Waals surface area contributed by atoms with Crippen LogP contribution in [0.3, 0.4) is 0 Å². The van der Waals surface area contributed by atoms with Gasteiger partial charge in [0.25, 0.3) is 0 Å². The number of benzene rings is 3. The minimum atomic E-state index is 1.27. The Morgan fingerprint density at radius 2 is 0.667 bits per heavy atom. The van der Waals surface area contributed by atoms with Crippen LogP contribution in [0.25, 0.3) is 22.3 Å². The van der Waals surface area contributed by atoms with Gasteiger partial charge in [-0.25, -0.2) is 0 Å². The minimum Gasteiger partial charge on any atom is -0.0683 e. The maximum Gasteiger partial charge on any atom is -0.0175 e. The van der Waals surface area contributed by atoms with Crippen molar-refractivity contribution in [3.05, 3.63) is 84.4 Å². The molecule has 0 aliphatic rings. The molecule has 0 fully saturated rings. The Balaban J connectivity index is 0. The Morgan fingerprint density at radius 1 is 0.370 bits per heavy atom. The molecular formula is C27H40. The summed E-state index contributed by atoms with van der Waals surface area (Å²) < 4.78 is 0. The van der Waals surface area contributed by atoms with Crippen LogP contribution in [0.5, 0.6) is 0 Å². The SMILES string of the molecule is CC.CC.CC.CC.Cc1cc(-c2ccccc2)cc(-c2ccccc2)c1. The van der Waals surface area contributed by atoms with Gasteiger partial charge in [0.1, 0.15) is 0 Å². The molecule has 3 aromatic carbocycles. The molecule has 0 amide bonds. The third-order valence-corrected chi connectivity index (χ3v) is 3.29. The van der Waals surface area contributed by atoms with E-state index in [-0.39, 0.29) is 0 Å². The summed E-state index contributed by atoms with van der Waals surface area (Å²) >= 11 is 0. The van der Waals surface area contributed by atoms with Crippen LogP contribution >= 0.6 is 0 Å². The van der Waals surface area contributed by atoms with Gasteiger partial charge >= 0.3 is 0 Å². The predicted molar refractivity (Wildman–Crippen MR) is 127 cm³/mol. The molecule has 3 rings (SSSR count). The third kappa shape index (κ3) is 9.80. The van der Waals surface area contributed by atoms with E-state index in [9.17, 15) is 0 Å². The molecule has 0 spiro atoms. The Bertz CT molecular complexity index is 609. The highest BCUT2D eigenvalue weighted by atomic mass is 14.1. The zero-order chi connectivity index (χ0) is 21.1. The summed E-state index contributed by atoms with van der Waals surface area (Å²) in [7, 11) is 0. The maximum atomic E-state index is 2.26. The van der Waals surface area contributed by atoms with Gasteiger partial charge in [-0.1, -0.05) is 128 Å². The first kappa shape index (κ1) is 26.9. The van der Waals surface area contributed by atoms with Crippen molar-refractivity contribution in [3.63, 3.8) is 0 Å². The van der Waals surface area contributed by atoms with Gasteiger partial charge in [0, 0.05) is 0 Å². The fourth-order valence-corrected chi connectivity index (χ4v) is 2.38. The second kappa shape index (κ2) is 18.5. The Hall–Kier alpha value is -2.34. The lowest BCUT2D eigenvalue weighted by molar-refractivity contribution is 1.46. The summed E-state index contributed by atoms with van der Waals surface area (Å²) in [5.74, 6) is 0. The van der Waals surface area contributed by atoms with Crippen molar-refractivity contribution in [2.24, 2.45) is 0 Å². The molecule has 0 heterocycles. The van der Waals surface area contributed by atoms with Gasteiger partial charge < -0.3 is 0 Å². The van der Waals surface area contributed by atoms with Gasteiger partial charge in [-0.15, -0.1) is 0 Å². The average Bonchev–Trinajstić information content (AvgIpc) is 2.80. The standard InChI is InChI=1S/C19H16.4C2H6/c1-15-12-18(16-8-4-2-5-9-16)14-19(13-15)17-10-6-3-7-11-17;4*1-2/h2-14H,1H3;4*1-2H3. The van der Waals surface area contributed by atoms with Crippen molar-refractivity contribution in [2.75, 3.05) is 0 Å². The molecule has 0 nitrogen and oxygen atoms in total. The Labute approximate surface area is 169 Å². The van der Waals surface area contributed by atoms with E-state index >= 15 is 0 Å². The largest absolute Gasteiger partial charge is 0.0683 e. The number of hydrogen-bond acceptors (Lipinski definition) is 0. The number of aryl methyl sites for hydroxylation is 1. The molecule has 0 bridgehead atoms. The van der Waals surface area contributed by atoms with Crippen molar-refractivity contribution in [1.29, 1.82) is 0 Å². The van der Waals surface area contributed by atoms with E-state index in [0.29, 0.717) is 0 Å². The molecule has 0 aromatic heterocycles. The Morgan fingerprint density at radius 3 is 0.963 bits per heavy atom. The topological polar surface area (TPSA) is 0 Å². The van der Waals surface area contributed by atoms with E-state index in [1.807, 2.05) is 55.4 Å². The van der Waals surface area contributed by atoms with E-state index in [4.69, 9.17) is 0 Å². The highest BCUT2D eigenvalue weighted by Gasteiger charge is 2.02. The van der Waals surface area contributed by atoms with Gasteiger partial charge in [-0.05, 0) is 40.8 Å². The first-order valence-electron chi connectivity index (χ1n) is 10.6. The lowest BCUT2D eigenvalue weighted by Gasteiger charge is -2.08. The average molecular weight is 365 g/mol. The molecule has 0 saturated heterocycles. The Kier molecular flexibility index (Phi) is 18.4. The summed E-state index contributed by atoms with van der Waals surface area (Å²) in [5.41, 5.74) is 6.38. The molecule has 0 atom stereocenters.